The summed E-state index contributed by atoms with van der Waals surface area (Å²) in [5.74, 6) is 0.165. The van der Waals surface area contributed by atoms with E-state index in [1.165, 1.54) is 19.5 Å². The molecule has 9 nitrogen and oxygen atoms in total. The van der Waals surface area contributed by atoms with Crippen molar-refractivity contribution in [2.75, 3.05) is 13.7 Å². The Labute approximate surface area is 161 Å². The Morgan fingerprint density at radius 1 is 1.29 bits per heavy atom. The lowest BCUT2D eigenvalue weighted by Gasteiger charge is -2.12. The summed E-state index contributed by atoms with van der Waals surface area (Å²) in [5.41, 5.74) is 6.66. The molecule has 9 heteroatoms. The van der Waals surface area contributed by atoms with Gasteiger partial charge in [0.2, 0.25) is 5.91 Å². The van der Waals surface area contributed by atoms with Crippen LogP contribution in [0.5, 0.6) is 5.75 Å². The van der Waals surface area contributed by atoms with Gasteiger partial charge in [-0.2, -0.15) is 0 Å². The molecule has 0 aliphatic carbocycles. The molecule has 0 spiro atoms. The molecule has 0 unspecified atom stereocenters. The van der Waals surface area contributed by atoms with Crippen molar-refractivity contribution in [2.24, 2.45) is 11.7 Å². The Bertz CT molecular complexity index is 867. The third-order valence-corrected chi connectivity index (χ3v) is 4.45. The van der Waals surface area contributed by atoms with E-state index in [1.54, 1.807) is 12.1 Å². The lowest BCUT2D eigenvalue weighted by molar-refractivity contribution is -0.143. The van der Waals surface area contributed by atoms with Crippen LogP contribution in [0, 0.1) is 11.3 Å². The van der Waals surface area contributed by atoms with Crippen LogP contribution in [0.2, 0.25) is 0 Å². The minimum Gasteiger partial charge on any atom is -0.491 e. The van der Waals surface area contributed by atoms with Gasteiger partial charge in [0, 0.05) is 18.0 Å². The summed E-state index contributed by atoms with van der Waals surface area (Å²) < 4.78 is 10.4. The molecule has 0 saturated carbocycles. The highest BCUT2D eigenvalue weighted by atomic mass is 16.5. The Balaban J connectivity index is 1.54. The van der Waals surface area contributed by atoms with Crippen molar-refractivity contribution in [1.82, 2.24) is 15.3 Å². The van der Waals surface area contributed by atoms with Crippen molar-refractivity contribution in [1.29, 1.82) is 5.41 Å². The van der Waals surface area contributed by atoms with Crippen molar-refractivity contribution >= 4 is 17.7 Å². The number of nitrogens with zero attached hydrogens (tertiary/aromatic N) is 2. The zero-order chi connectivity index (χ0) is 20.1. The maximum absolute atomic E-state index is 11.9. The van der Waals surface area contributed by atoms with Gasteiger partial charge in [0.25, 0.3) is 0 Å². The molecule has 0 bridgehead atoms. The molecule has 1 aromatic carbocycles. The van der Waals surface area contributed by atoms with Crippen LogP contribution in [0.1, 0.15) is 18.4 Å². The van der Waals surface area contributed by atoms with Gasteiger partial charge in [-0.25, -0.2) is 9.97 Å². The number of ether oxygens (including phenoxy) is 2. The van der Waals surface area contributed by atoms with E-state index in [0.29, 0.717) is 30.2 Å². The minimum atomic E-state index is -0.393. The molecule has 1 fully saturated rings. The van der Waals surface area contributed by atoms with Crippen LogP contribution < -0.4 is 15.8 Å². The molecular formula is C19H21N5O4. The maximum atomic E-state index is 11.9. The predicted octanol–water partition coefficient (Wildman–Crippen LogP) is 0.874. The first kappa shape index (κ1) is 19.3. The third kappa shape index (κ3) is 4.61. The van der Waals surface area contributed by atoms with Gasteiger partial charge in [-0.05, 0) is 30.7 Å². The smallest absolute Gasteiger partial charge is 0.306 e. The Kier molecular flexibility index (Phi) is 5.83. The molecule has 1 aliphatic rings. The Hall–Kier alpha value is -3.49. The SMILES string of the molecule is COC(=O)C[C@@H]1C[C@@H](COc2ccc(-c3ncc(C(=N)N)cn3)cc2)NC1=O. The highest BCUT2D eigenvalue weighted by Crippen LogP contribution is 2.22. The van der Waals surface area contributed by atoms with E-state index < -0.39 is 5.97 Å². The normalized spacial score (nSPS) is 18.4. The number of nitrogens with one attached hydrogen (secondary N) is 2. The van der Waals surface area contributed by atoms with Crippen LogP contribution in [0.3, 0.4) is 0 Å². The number of carbonyl (C=O) groups is 2. The number of benzene rings is 1. The maximum Gasteiger partial charge on any atom is 0.306 e. The van der Waals surface area contributed by atoms with E-state index >= 15 is 0 Å². The molecule has 2 aromatic rings. The van der Waals surface area contributed by atoms with Gasteiger partial charge in [-0.1, -0.05) is 0 Å². The molecule has 3 rings (SSSR count). The molecule has 1 amide bonds. The quantitative estimate of drug-likeness (QED) is 0.366. The fraction of sp³-hybridized carbons (Fsp3) is 0.316. The highest BCUT2D eigenvalue weighted by Gasteiger charge is 2.34. The fourth-order valence-corrected chi connectivity index (χ4v) is 2.91. The van der Waals surface area contributed by atoms with Crippen LogP contribution in [0.4, 0.5) is 0 Å². The Morgan fingerprint density at radius 3 is 2.57 bits per heavy atom. The summed E-state index contributed by atoms with van der Waals surface area (Å²) in [4.78, 5) is 31.6. The molecule has 1 aromatic heterocycles. The van der Waals surface area contributed by atoms with Crippen molar-refractivity contribution in [2.45, 2.75) is 18.9 Å². The second kappa shape index (κ2) is 8.47. The molecule has 1 saturated heterocycles. The third-order valence-electron chi connectivity index (χ3n) is 4.45. The van der Waals surface area contributed by atoms with E-state index in [2.05, 4.69) is 20.0 Å². The minimum absolute atomic E-state index is 0.0793. The monoisotopic (exact) mass is 383 g/mol. The summed E-state index contributed by atoms with van der Waals surface area (Å²) >= 11 is 0. The van der Waals surface area contributed by atoms with E-state index in [0.717, 1.165) is 5.56 Å². The first-order chi connectivity index (χ1) is 13.5. The lowest BCUT2D eigenvalue weighted by Crippen LogP contribution is -2.31. The highest BCUT2D eigenvalue weighted by molar-refractivity contribution is 5.94. The fourth-order valence-electron chi connectivity index (χ4n) is 2.91. The average Bonchev–Trinajstić information content (AvgIpc) is 3.06. The molecule has 2 atom stereocenters. The zero-order valence-corrected chi connectivity index (χ0v) is 15.3. The number of carbonyl (C=O) groups excluding carboxylic acids is 2. The average molecular weight is 383 g/mol. The molecule has 4 N–H and O–H groups in total. The van der Waals surface area contributed by atoms with Crippen LogP contribution in [0.15, 0.2) is 36.7 Å². The van der Waals surface area contributed by atoms with E-state index in [4.69, 9.17) is 15.9 Å². The summed E-state index contributed by atoms with van der Waals surface area (Å²) in [6, 6.07) is 7.08. The topological polar surface area (TPSA) is 140 Å². The molecule has 1 aliphatic heterocycles. The first-order valence-electron chi connectivity index (χ1n) is 8.73. The molecular weight excluding hydrogens is 362 g/mol. The van der Waals surface area contributed by atoms with Crippen LogP contribution in [-0.2, 0) is 14.3 Å². The Morgan fingerprint density at radius 2 is 1.96 bits per heavy atom. The van der Waals surface area contributed by atoms with Gasteiger partial charge in [-0.3, -0.25) is 15.0 Å². The molecule has 28 heavy (non-hydrogen) atoms. The van der Waals surface area contributed by atoms with Crippen LogP contribution >= 0.6 is 0 Å². The molecule has 0 radical (unpaired) electrons. The zero-order valence-electron chi connectivity index (χ0n) is 15.3. The van der Waals surface area contributed by atoms with E-state index in [9.17, 15) is 9.59 Å². The van der Waals surface area contributed by atoms with Crippen LogP contribution in [0.25, 0.3) is 11.4 Å². The number of esters is 1. The van der Waals surface area contributed by atoms with E-state index in [-0.39, 0.29) is 30.1 Å². The van der Waals surface area contributed by atoms with Gasteiger partial charge < -0.3 is 20.5 Å². The van der Waals surface area contributed by atoms with Gasteiger partial charge in [0.15, 0.2) is 5.82 Å². The first-order valence-corrected chi connectivity index (χ1v) is 8.73. The second-order valence-corrected chi connectivity index (χ2v) is 6.46. The number of nitrogen functional groups attached to an aromatic ring is 1. The molecule has 146 valence electrons. The summed E-state index contributed by atoms with van der Waals surface area (Å²) in [6.07, 6.45) is 3.61. The van der Waals surface area contributed by atoms with Crippen LogP contribution in [-0.4, -0.2) is 47.4 Å². The van der Waals surface area contributed by atoms with Gasteiger partial charge in [0.05, 0.1) is 31.1 Å². The van der Waals surface area contributed by atoms with Crippen molar-refractivity contribution in [3.63, 3.8) is 0 Å². The number of amides is 1. The number of amidine groups is 1. The number of hydrogen-bond acceptors (Lipinski definition) is 7. The lowest BCUT2D eigenvalue weighted by atomic mass is 10.0. The summed E-state index contributed by atoms with van der Waals surface area (Å²) in [5, 5.41) is 10.2. The van der Waals surface area contributed by atoms with E-state index in [1.807, 2.05) is 12.1 Å². The van der Waals surface area contributed by atoms with Crippen molar-refractivity contribution < 1.29 is 19.1 Å². The summed E-state index contributed by atoms with van der Waals surface area (Å²) in [6.45, 7) is 0.312. The van der Waals surface area contributed by atoms with Gasteiger partial charge in [-0.15, -0.1) is 0 Å². The van der Waals surface area contributed by atoms with Gasteiger partial charge in [0.1, 0.15) is 18.2 Å². The number of aromatic nitrogens is 2. The number of methoxy groups -OCH3 is 1. The summed E-state index contributed by atoms with van der Waals surface area (Å²) in [7, 11) is 1.31. The predicted molar refractivity (Wildman–Crippen MR) is 101 cm³/mol. The number of hydrogen-bond donors (Lipinski definition) is 3. The standard InChI is InChI=1S/C19H21N5O4/c1-27-16(25)7-12-6-14(24-19(12)26)10-28-15-4-2-11(3-5-15)18-22-8-13(9-23-18)17(20)21/h2-5,8-9,12,14H,6-7,10H2,1H3,(H3,20,21)(H,24,26)/t12-,14-/m0/s1. The van der Waals surface area contributed by atoms with Gasteiger partial charge >= 0.3 is 5.97 Å². The van der Waals surface area contributed by atoms with Crippen molar-refractivity contribution in [3.8, 4) is 17.1 Å². The molecule has 2 heterocycles. The number of rotatable bonds is 7. The number of nitrogens with two attached hydrogens (primary N) is 1. The van der Waals surface area contributed by atoms with Crippen molar-refractivity contribution in [3.05, 3.63) is 42.2 Å². The largest absolute Gasteiger partial charge is 0.491 e. The second-order valence-electron chi connectivity index (χ2n) is 6.46.